The van der Waals surface area contributed by atoms with Crippen LogP contribution in [0.1, 0.15) is 101 Å². The minimum absolute atomic E-state index is 0.0894. The maximum Gasteiger partial charge on any atom is 0.0691 e. The van der Waals surface area contributed by atoms with Crippen molar-refractivity contribution >= 4 is 0 Å². The Hall–Kier alpha value is -1.72. The predicted octanol–water partition coefficient (Wildman–Crippen LogP) is 5.50. The molecule has 0 amide bonds. The van der Waals surface area contributed by atoms with Gasteiger partial charge < -0.3 is 10.1 Å². The summed E-state index contributed by atoms with van der Waals surface area (Å²) in [6.07, 6.45) is 17.5. The molecule has 2 aromatic rings. The lowest BCUT2D eigenvalue weighted by molar-refractivity contribution is -0.104. The molecule has 6 rings (SSSR count). The van der Waals surface area contributed by atoms with Crippen molar-refractivity contribution in [3.8, 4) is 0 Å². The van der Waals surface area contributed by atoms with Crippen molar-refractivity contribution in [2.45, 2.75) is 101 Å². The van der Waals surface area contributed by atoms with Gasteiger partial charge in [0.15, 0.2) is 0 Å². The second-order valence-corrected chi connectivity index (χ2v) is 11.4. The van der Waals surface area contributed by atoms with Crippen LogP contribution in [0.2, 0.25) is 0 Å². The highest BCUT2D eigenvalue weighted by molar-refractivity contribution is 5.21. The van der Waals surface area contributed by atoms with Crippen molar-refractivity contribution in [2.24, 2.45) is 5.41 Å². The molecule has 4 aliphatic rings. The van der Waals surface area contributed by atoms with E-state index in [1.54, 1.807) is 0 Å². The fraction of sp³-hybridized carbons (Fsp3) is 0.704. The van der Waals surface area contributed by atoms with Crippen LogP contribution in [0, 0.1) is 5.41 Å². The zero-order chi connectivity index (χ0) is 21.7. The van der Waals surface area contributed by atoms with Gasteiger partial charge >= 0.3 is 0 Å². The van der Waals surface area contributed by atoms with Gasteiger partial charge in [0.1, 0.15) is 0 Å². The molecule has 2 aliphatic heterocycles. The third-order valence-corrected chi connectivity index (χ3v) is 9.29. The molecule has 0 radical (unpaired) electrons. The number of rotatable bonds is 6. The molecule has 3 fully saturated rings. The van der Waals surface area contributed by atoms with Gasteiger partial charge in [0.2, 0.25) is 0 Å². The van der Waals surface area contributed by atoms with Gasteiger partial charge in [-0.2, -0.15) is 5.10 Å². The Labute approximate surface area is 192 Å². The summed E-state index contributed by atoms with van der Waals surface area (Å²) in [6, 6.07) is 9.70. The van der Waals surface area contributed by atoms with Crippen LogP contribution in [0.5, 0.6) is 0 Å². The van der Waals surface area contributed by atoms with Gasteiger partial charge in [-0.15, -0.1) is 0 Å². The summed E-state index contributed by atoms with van der Waals surface area (Å²) in [4.78, 5) is 4.87. The minimum Gasteiger partial charge on any atom is -0.375 e. The van der Waals surface area contributed by atoms with Crippen LogP contribution in [-0.2, 0) is 10.2 Å². The molecule has 1 spiro atoms. The van der Waals surface area contributed by atoms with Gasteiger partial charge in [-0.3, -0.25) is 9.67 Å². The van der Waals surface area contributed by atoms with Gasteiger partial charge in [0, 0.05) is 36.2 Å². The molecule has 0 bridgehead atoms. The molecule has 2 unspecified atom stereocenters. The number of nitrogens with zero attached hydrogens (tertiary/aromatic N) is 3. The standard InChI is InChI=1S/C27H38N4O/c1-25(12-13-25)24-8-7-21(22-9-17-30-31(22)24)28-18-14-26(23-6-2-5-16-29-23)15-19-32-27(20-26)10-3-4-11-27/h2,5-6,9,16-17,21,24,28H,3-4,7-8,10-15,18-20H2,1H3/t21?,24?,26-/m1/s1. The third-order valence-electron chi connectivity index (χ3n) is 9.29. The zero-order valence-electron chi connectivity index (χ0n) is 19.6. The van der Waals surface area contributed by atoms with Gasteiger partial charge in [0.05, 0.1) is 17.3 Å². The van der Waals surface area contributed by atoms with E-state index in [-0.39, 0.29) is 11.0 Å². The summed E-state index contributed by atoms with van der Waals surface area (Å²) in [6.45, 7) is 4.33. The smallest absolute Gasteiger partial charge is 0.0691 e. The van der Waals surface area contributed by atoms with Crippen molar-refractivity contribution in [3.63, 3.8) is 0 Å². The normalized spacial score (nSPS) is 32.7. The van der Waals surface area contributed by atoms with E-state index in [1.165, 1.54) is 62.8 Å². The quantitative estimate of drug-likeness (QED) is 0.653. The van der Waals surface area contributed by atoms with E-state index in [1.807, 2.05) is 18.5 Å². The summed E-state index contributed by atoms with van der Waals surface area (Å²) in [5, 5.41) is 8.70. The number of hydrogen-bond donors (Lipinski definition) is 1. The Kier molecular flexibility index (Phi) is 5.18. The van der Waals surface area contributed by atoms with Gasteiger partial charge in [-0.05, 0) is 87.9 Å². The van der Waals surface area contributed by atoms with Crippen molar-refractivity contribution in [2.75, 3.05) is 13.2 Å². The number of nitrogens with one attached hydrogen (secondary N) is 1. The average molecular weight is 435 g/mol. The zero-order valence-corrected chi connectivity index (χ0v) is 19.6. The average Bonchev–Trinajstić information content (AvgIpc) is 3.19. The summed E-state index contributed by atoms with van der Waals surface area (Å²) in [5.41, 5.74) is 3.35. The maximum absolute atomic E-state index is 6.43. The highest BCUT2D eigenvalue weighted by Crippen LogP contribution is 2.57. The molecular formula is C27H38N4O. The van der Waals surface area contributed by atoms with Gasteiger partial charge in [-0.25, -0.2) is 0 Å². The lowest BCUT2D eigenvalue weighted by atomic mass is 9.68. The van der Waals surface area contributed by atoms with E-state index in [2.05, 4.69) is 35.1 Å². The molecule has 3 atom stereocenters. The van der Waals surface area contributed by atoms with E-state index in [0.29, 0.717) is 17.5 Å². The minimum atomic E-state index is 0.0894. The number of pyridine rings is 1. The molecule has 1 N–H and O–H groups in total. The van der Waals surface area contributed by atoms with Crippen LogP contribution in [0.4, 0.5) is 0 Å². The highest BCUT2D eigenvalue weighted by Gasteiger charge is 2.50. The Morgan fingerprint density at radius 1 is 1.06 bits per heavy atom. The van der Waals surface area contributed by atoms with Crippen molar-refractivity contribution in [3.05, 3.63) is 48.0 Å². The number of aromatic nitrogens is 3. The Balaban J connectivity index is 1.18. The first-order chi connectivity index (χ1) is 15.6. The Bertz CT molecular complexity index is 930. The van der Waals surface area contributed by atoms with Crippen molar-refractivity contribution < 1.29 is 4.74 Å². The van der Waals surface area contributed by atoms with Crippen LogP contribution < -0.4 is 5.32 Å². The topological polar surface area (TPSA) is 52.0 Å². The fourth-order valence-electron chi connectivity index (χ4n) is 7.12. The summed E-state index contributed by atoms with van der Waals surface area (Å²) >= 11 is 0. The summed E-state index contributed by atoms with van der Waals surface area (Å²) in [5.74, 6) is 0. The van der Waals surface area contributed by atoms with Crippen molar-refractivity contribution in [1.29, 1.82) is 0 Å². The second kappa shape index (κ2) is 7.95. The Morgan fingerprint density at radius 3 is 2.72 bits per heavy atom. The molecule has 4 heterocycles. The largest absolute Gasteiger partial charge is 0.375 e. The number of hydrogen-bond acceptors (Lipinski definition) is 4. The maximum atomic E-state index is 6.43. The van der Waals surface area contributed by atoms with Crippen LogP contribution >= 0.6 is 0 Å². The monoisotopic (exact) mass is 434 g/mol. The first kappa shape index (κ1) is 20.9. The van der Waals surface area contributed by atoms with E-state index < -0.39 is 0 Å². The number of ether oxygens (including phenoxy) is 1. The summed E-state index contributed by atoms with van der Waals surface area (Å²) < 4.78 is 8.78. The van der Waals surface area contributed by atoms with E-state index in [9.17, 15) is 0 Å². The SMILES string of the molecule is CC1(C2CCC(NCC[C@@]3(c4ccccn4)CCOC4(CCCC4)C3)c3ccnn32)CC1. The fourth-order valence-corrected chi connectivity index (χ4v) is 7.12. The molecule has 5 heteroatoms. The molecule has 2 aliphatic carbocycles. The molecule has 2 aromatic heterocycles. The van der Waals surface area contributed by atoms with E-state index >= 15 is 0 Å². The van der Waals surface area contributed by atoms with Crippen LogP contribution in [0.25, 0.3) is 0 Å². The lowest BCUT2D eigenvalue weighted by Gasteiger charge is -2.46. The Morgan fingerprint density at radius 2 is 1.94 bits per heavy atom. The predicted molar refractivity (Wildman–Crippen MR) is 125 cm³/mol. The highest BCUT2D eigenvalue weighted by atomic mass is 16.5. The van der Waals surface area contributed by atoms with E-state index in [0.717, 1.165) is 32.4 Å². The van der Waals surface area contributed by atoms with Crippen molar-refractivity contribution in [1.82, 2.24) is 20.1 Å². The molecule has 2 saturated carbocycles. The molecular weight excluding hydrogens is 396 g/mol. The van der Waals surface area contributed by atoms with Gasteiger partial charge in [0.25, 0.3) is 0 Å². The first-order valence-corrected chi connectivity index (χ1v) is 12.9. The first-order valence-electron chi connectivity index (χ1n) is 12.9. The van der Waals surface area contributed by atoms with Crippen LogP contribution in [-0.4, -0.2) is 33.5 Å². The summed E-state index contributed by atoms with van der Waals surface area (Å²) in [7, 11) is 0. The van der Waals surface area contributed by atoms with Crippen LogP contribution in [0.3, 0.4) is 0 Å². The lowest BCUT2D eigenvalue weighted by Crippen LogP contribution is -2.47. The van der Waals surface area contributed by atoms with Crippen LogP contribution in [0.15, 0.2) is 36.7 Å². The molecule has 32 heavy (non-hydrogen) atoms. The third kappa shape index (κ3) is 3.62. The molecule has 0 aromatic carbocycles. The van der Waals surface area contributed by atoms with E-state index in [4.69, 9.17) is 14.8 Å². The molecule has 172 valence electrons. The molecule has 5 nitrogen and oxygen atoms in total. The van der Waals surface area contributed by atoms with Gasteiger partial charge in [-0.1, -0.05) is 25.8 Å². The second-order valence-electron chi connectivity index (χ2n) is 11.4. The molecule has 1 saturated heterocycles. The number of fused-ring (bicyclic) bond motifs is 1.